The molecule has 0 spiro atoms. The molecule has 122 valence electrons. The van der Waals surface area contributed by atoms with E-state index in [9.17, 15) is 12.8 Å². The van der Waals surface area contributed by atoms with Crippen LogP contribution < -0.4 is 8.92 Å². The Morgan fingerprint density at radius 2 is 1.83 bits per heavy atom. The molecule has 4 nitrogen and oxygen atoms in total. The standard InChI is InChI=1S/C17H17FO4S/c1-4-5-13-7-9-15(16(11-13)21-3)22-23(19,20)17-10-12(2)6-8-14(17)18/h4-11H,1-3H3/b5-4+. The first-order chi connectivity index (χ1) is 10.9. The molecular formula is C17H17FO4S. The number of rotatable bonds is 5. The van der Waals surface area contributed by atoms with E-state index in [0.717, 1.165) is 11.6 Å². The van der Waals surface area contributed by atoms with Crippen LogP contribution in [-0.4, -0.2) is 15.5 Å². The van der Waals surface area contributed by atoms with Crippen molar-refractivity contribution in [3.63, 3.8) is 0 Å². The molecule has 0 saturated heterocycles. The van der Waals surface area contributed by atoms with Crippen molar-refractivity contribution in [2.75, 3.05) is 7.11 Å². The molecule has 0 fully saturated rings. The summed E-state index contributed by atoms with van der Waals surface area (Å²) in [4.78, 5) is -0.503. The number of hydrogen-bond acceptors (Lipinski definition) is 4. The molecule has 0 heterocycles. The zero-order valence-corrected chi connectivity index (χ0v) is 13.9. The summed E-state index contributed by atoms with van der Waals surface area (Å²) in [5.41, 5.74) is 1.44. The summed E-state index contributed by atoms with van der Waals surface area (Å²) in [6.45, 7) is 3.53. The average Bonchev–Trinajstić information content (AvgIpc) is 2.51. The molecular weight excluding hydrogens is 319 g/mol. The van der Waals surface area contributed by atoms with Crippen LogP contribution in [0.5, 0.6) is 11.5 Å². The van der Waals surface area contributed by atoms with Gasteiger partial charge in [0, 0.05) is 0 Å². The number of benzene rings is 2. The first kappa shape index (κ1) is 17.0. The number of ether oxygens (including phenoxy) is 1. The summed E-state index contributed by atoms with van der Waals surface area (Å²) < 4.78 is 48.7. The van der Waals surface area contributed by atoms with E-state index in [2.05, 4.69) is 0 Å². The topological polar surface area (TPSA) is 52.6 Å². The second kappa shape index (κ2) is 6.83. The highest BCUT2D eigenvalue weighted by Gasteiger charge is 2.23. The molecule has 0 aliphatic carbocycles. The minimum Gasteiger partial charge on any atom is -0.493 e. The number of methoxy groups -OCH3 is 1. The van der Waals surface area contributed by atoms with Gasteiger partial charge in [0.25, 0.3) is 0 Å². The van der Waals surface area contributed by atoms with Gasteiger partial charge in [0.2, 0.25) is 0 Å². The van der Waals surface area contributed by atoms with E-state index >= 15 is 0 Å². The van der Waals surface area contributed by atoms with Crippen LogP contribution in [0.1, 0.15) is 18.1 Å². The van der Waals surface area contributed by atoms with E-state index in [1.807, 2.05) is 19.1 Å². The van der Waals surface area contributed by atoms with E-state index in [0.29, 0.717) is 5.56 Å². The van der Waals surface area contributed by atoms with Gasteiger partial charge in [-0.3, -0.25) is 0 Å². The summed E-state index contributed by atoms with van der Waals surface area (Å²) in [6, 6.07) is 8.60. The molecule has 23 heavy (non-hydrogen) atoms. The molecule has 0 atom stereocenters. The van der Waals surface area contributed by atoms with Crippen LogP contribution in [0, 0.1) is 12.7 Å². The van der Waals surface area contributed by atoms with Crippen molar-refractivity contribution in [2.45, 2.75) is 18.7 Å². The Morgan fingerprint density at radius 3 is 2.48 bits per heavy atom. The Morgan fingerprint density at radius 1 is 1.09 bits per heavy atom. The molecule has 0 aromatic heterocycles. The van der Waals surface area contributed by atoms with Crippen molar-refractivity contribution >= 4 is 16.2 Å². The van der Waals surface area contributed by atoms with Crippen LogP contribution in [-0.2, 0) is 10.1 Å². The second-order valence-electron chi connectivity index (χ2n) is 4.88. The highest BCUT2D eigenvalue weighted by Crippen LogP contribution is 2.31. The molecule has 2 rings (SSSR count). The van der Waals surface area contributed by atoms with Crippen LogP contribution in [0.25, 0.3) is 6.08 Å². The molecule has 0 unspecified atom stereocenters. The van der Waals surface area contributed by atoms with Crippen LogP contribution in [0.15, 0.2) is 47.4 Å². The molecule has 0 N–H and O–H groups in total. The lowest BCUT2D eigenvalue weighted by Crippen LogP contribution is -2.12. The minimum absolute atomic E-state index is 0.00154. The molecule has 2 aromatic rings. The fourth-order valence-corrected chi connectivity index (χ4v) is 3.12. The van der Waals surface area contributed by atoms with E-state index in [1.54, 1.807) is 19.1 Å². The largest absolute Gasteiger partial charge is 0.493 e. The lowest BCUT2D eigenvalue weighted by Gasteiger charge is -2.12. The van der Waals surface area contributed by atoms with Gasteiger partial charge in [0.1, 0.15) is 10.7 Å². The van der Waals surface area contributed by atoms with E-state index < -0.39 is 20.8 Å². The van der Waals surface area contributed by atoms with E-state index in [4.69, 9.17) is 8.92 Å². The third-order valence-corrected chi connectivity index (χ3v) is 4.35. The number of hydrogen-bond donors (Lipinski definition) is 0. The van der Waals surface area contributed by atoms with Gasteiger partial charge in [-0.15, -0.1) is 0 Å². The van der Waals surface area contributed by atoms with Crippen molar-refractivity contribution < 1.29 is 21.7 Å². The molecule has 0 amide bonds. The lowest BCUT2D eigenvalue weighted by atomic mass is 10.2. The zero-order valence-electron chi connectivity index (χ0n) is 13.0. The van der Waals surface area contributed by atoms with Gasteiger partial charge in [-0.25, -0.2) is 4.39 Å². The van der Waals surface area contributed by atoms with Crippen LogP contribution in [0.2, 0.25) is 0 Å². The highest BCUT2D eigenvalue weighted by atomic mass is 32.2. The Bertz CT molecular complexity index is 842. The Hall–Kier alpha value is -2.34. The van der Waals surface area contributed by atoms with Gasteiger partial charge in [-0.05, 0) is 49.2 Å². The molecule has 2 aromatic carbocycles. The van der Waals surface area contributed by atoms with Crippen LogP contribution in [0.3, 0.4) is 0 Å². The van der Waals surface area contributed by atoms with Gasteiger partial charge in [-0.1, -0.05) is 24.3 Å². The minimum atomic E-state index is -4.30. The van der Waals surface area contributed by atoms with E-state index in [1.165, 1.54) is 25.3 Å². The third-order valence-electron chi connectivity index (χ3n) is 3.10. The first-order valence-electron chi connectivity index (χ1n) is 6.89. The smallest absolute Gasteiger partial charge is 0.342 e. The summed E-state index contributed by atoms with van der Waals surface area (Å²) in [5, 5.41) is 0. The Kier molecular flexibility index (Phi) is 5.05. The summed E-state index contributed by atoms with van der Waals surface area (Å²) in [7, 11) is -2.89. The summed E-state index contributed by atoms with van der Waals surface area (Å²) in [5.74, 6) is -0.612. The number of allylic oxidation sites excluding steroid dienone is 1. The third kappa shape index (κ3) is 3.90. The van der Waals surface area contributed by atoms with Gasteiger partial charge in [0.15, 0.2) is 11.5 Å². The molecule has 0 aliphatic heterocycles. The first-order valence-corrected chi connectivity index (χ1v) is 8.29. The van der Waals surface area contributed by atoms with Crippen LogP contribution >= 0.6 is 0 Å². The van der Waals surface area contributed by atoms with Crippen LogP contribution in [0.4, 0.5) is 4.39 Å². The normalized spacial score (nSPS) is 11.7. The van der Waals surface area contributed by atoms with Crippen molar-refractivity contribution in [3.8, 4) is 11.5 Å². The average molecular weight is 336 g/mol. The quantitative estimate of drug-likeness (QED) is 0.776. The highest BCUT2D eigenvalue weighted by molar-refractivity contribution is 7.87. The summed E-state index contributed by atoms with van der Waals surface area (Å²) >= 11 is 0. The molecule has 0 bridgehead atoms. The van der Waals surface area contributed by atoms with Crippen molar-refractivity contribution in [1.82, 2.24) is 0 Å². The SMILES string of the molecule is C/C=C/c1ccc(OS(=O)(=O)c2cc(C)ccc2F)c(OC)c1. The maximum absolute atomic E-state index is 13.8. The zero-order chi connectivity index (χ0) is 17.0. The second-order valence-corrected chi connectivity index (χ2v) is 6.40. The van der Waals surface area contributed by atoms with Gasteiger partial charge in [0.05, 0.1) is 7.11 Å². The van der Waals surface area contributed by atoms with Crippen molar-refractivity contribution in [1.29, 1.82) is 0 Å². The number of aryl methyl sites for hydroxylation is 1. The summed E-state index contributed by atoms with van der Waals surface area (Å²) in [6.07, 6.45) is 3.68. The fourth-order valence-electron chi connectivity index (χ4n) is 2.01. The molecule has 0 saturated carbocycles. The van der Waals surface area contributed by atoms with Crippen molar-refractivity contribution in [3.05, 3.63) is 59.4 Å². The van der Waals surface area contributed by atoms with Gasteiger partial charge >= 0.3 is 10.1 Å². The number of halogens is 1. The lowest BCUT2D eigenvalue weighted by molar-refractivity contribution is 0.389. The molecule has 0 radical (unpaired) electrons. The van der Waals surface area contributed by atoms with E-state index in [-0.39, 0.29) is 11.5 Å². The molecule has 6 heteroatoms. The van der Waals surface area contributed by atoms with Crippen molar-refractivity contribution in [2.24, 2.45) is 0 Å². The predicted octanol–water partition coefficient (Wildman–Crippen LogP) is 3.94. The van der Waals surface area contributed by atoms with Gasteiger partial charge in [-0.2, -0.15) is 8.42 Å². The Labute approximate surface area is 135 Å². The monoisotopic (exact) mass is 336 g/mol. The maximum atomic E-state index is 13.8. The predicted molar refractivity (Wildman–Crippen MR) is 86.7 cm³/mol. The van der Waals surface area contributed by atoms with Gasteiger partial charge < -0.3 is 8.92 Å². The Balaban J connectivity index is 2.43. The fraction of sp³-hybridized carbons (Fsp3) is 0.176. The molecule has 0 aliphatic rings. The maximum Gasteiger partial charge on any atom is 0.342 e.